The first-order valence-electron chi connectivity index (χ1n) is 6.91. The third-order valence-corrected chi connectivity index (χ3v) is 2.55. The lowest BCUT2D eigenvalue weighted by Gasteiger charge is -2.14. The summed E-state index contributed by atoms with van der Waals surface area (Å²) in [5.74, 6) is 1.07. The van der Waals surface area contributed by atoms with E-state index in [1.165, 1.54) is 0 Å². The summed E-state index contributed by atoms with van der Waals surface area (Å²) in [5, 5.41) is 8.90. The standard InChI is InChI=1S/C13H21F3N6.HI/c1-9(2)8-21-11(17-3)19-6-7-20-12-18-5-4-10(22-12)13(14,15)16;/h4-5,9H,6-8H2,1-3H3,(H2,17,19,21)(H,18,20,22);1H. The van der Waals surface area contributed by atoms with Crippen molar-refractivity contribution in [1.29, 1.82) is 0 Å². The van der Waals surface area contributed by atoms with Gasteiger partial charge >= 0.3 is 6.18 Å². The molecular weight excluding hydrogens is 424 g/mol. The van der Waals surface area contributed by atoms with Crippen LogP contribution in [0.15, 0.2) is 17.3 Å². The summed E-state index contributed by atoms with van der Waals surface area (Å²) in [6, 6.07) is 0.834. The van der Waals surface area contributed by atoms with Gasteiger partial charge in [-0.3, -0.25) is 4.99 Å². The van der Waals surface area contributed by atoms with Gasteiger partial charge in [-0.05, 0) is 12.0 Å². The maximum absolute atomic E-state index is 12.5. The average molecular weight is 446 g/mol. The highest BCUT2D eigenvalue weighted by atomic mass is 127. The molecule has 23 heavy (non-hydrogen) atoms. The minimum absolute atomic E-state index is 0. The normalized spacial score (nSPS) is 11.9. The van der Waals surface area contributed by atoms with E-state index in [0.717, 1.165) is 18.8 Å². The number of hydrogen-bond acceptors (Lipinski definition) is 4. The lowest BCUT2D eigenvalue weighted by atomic mass is 10.2. The fourth-order valence-corrected chi connectivity index (χ4v) is 1.48. The molecule has 3 N–H and O–H groups in total. The number of aliphatic imine (C=N–C) groups is 1. The van der Waals surface area contributed by atoms with E-state index >= 15 is 0 Å². The highest BCUT2D eigenvalue weighted by Crippen LogP contribution is 2.27. The van der Waals surface area contributed by atoms with Gasteiger partial charge in [0.15, 0.2) is 5.96 Å². The molecule has 0 bridgehead atoms. The number of hydrogen-bond donors (Lipinski definition) is 3. The summed E-state index contributed by atoms with van der Waals surface area (Å²) in [7, 11) is 1.65. The SMILES string of the molecule is CN=C(NCCNc1nccc(C(F)(F)F)n1)NCC(C)C.I. The second-order valence-electron chi connectivity index (χ2n) is 4.96. The van der Waals surface area contributed by atoms with Crippen molar-refractivity contribution in [3.05, 3.63) is 18.0 Å². The van der Waals surface area contributed by atoms with E-state index < -0.39 is 11.9 Å². The van der Waals surface area contributed by atoms with Crippen LogP contribution in [0.2, 0.25) is 0 Å². The van der Waals surface area contributed by atoms with Crippen molar-refractivity contribution < 1.29 is 13.2 Å². The fourth-order valence-electron chi connectivity index (χ4n) is 1.48. The molecule has 6 nitrogen and oxygen atoms in total. The zero-order valence-electron chi connectivity index (χ0n) is 13.2. The van der Waals surface area contributed by atoms with E-state index in [1.807, 2.05) is 0 Å². The lowest BCUT2D eigenvalue weighted by molar-refractivity contribution is -0.141. The predicted molar refractivity (Wildman–Crippen MR) is 95.1 cm³/mol. The van der Waals surface area contributed by atoms with Gasteiger partial charge in [-0.25, -0.2) is 9.97 Å². The topological polar surface area (TPSA) is 74.2 Å². The number of nitrogens with one attached hydrogen (secondary N) is 3. The monoisotopic (exact) mass is 446 g/mol. The van der Waals surface area contributed by atoms with Crippen LogP contribution in [-0.4, -0.2) is 42.6 Å². The Bertz CT molecular complexity index is 493. The first kappa shape index (κ1) is 21.7. The molecule has 0 atom stereocenters. The van der Waals surface area contributed by atoms with Crippen LogP contribution in [0.5, 0.6) is 0 Å². The van der Waals surface area contributed by atoms with Gasteiger partial charge in [0.2, 0.25) is 5.95 Å². The lowest BCUT2D eigenvalue weighted by Crippen LogP contribution is -2.41. The third kappa shape index (κ3) is 8.77. The van der Waals surface area contributed by atoms with E-state index in [0.29, 0.717) is 25.0 Å². The molecule has 0 amide bonds. The quantitative estimate of drug-likeness (QED) is 0.271. The number of anilines is 1. The molecule has 1 rings (SSSR count). The van der Waals surface area contributed by atoms with Gasteiger partial charge in [0, 0.05) is 32.9 Å². The molecule has 1 aromatic rings. The summed E-state index contributed by atoms with van der Waals surface area (Å²) in [4.78, 5) is 11.2. The molecule has 0 aromatic carbocycles. The number of alkyl halides is 3. The average Bonchev–Trinajstić information content (AvgIpc) is 2.45. The van der Waals surface area contributed by atoms with Crippen molar-refractivity contribution in [2.75, 3.05) is 32.0 Å². The van der Waals surface area contributed by atoms with Crippen LogP contribution in [0.3, 0.4) is 0 Å². The molecule has 10 heteroatoms. The first-order chi connectivity index (χ1) is 10.3. The van der Waals surface area contributed by atoms with E-state index in [-0.39, 0.29) is 29.9 Å². The predicted octanol–water partition coefficient (Wildman–Crippen LogP) is 2.35. The van der Waals surface area contributed by atoms with Gasteiger partial charge in [0.05, 0.1) is 0 Å². The number of guanidine groups is 1. The largest absolute Gasteiger partial charge is 0.433 e. The van der Waals surface area contributed by atoms with E-state index in [2.05, 4.69) is 44.8 Å². The van der Waals surface area contributed by atoms with Crippen LogP contribution < -0.4 is 16.0 Å². The molecule has 1 heterocycles. The molecular formula is C13H22F3IN6. The number of halogens is 4. The van der Waals surface area contributed by atoms with Gasteiger partial charge in [0.1, 0.15) is 5.69 Å². The number of rotatable bonds is 6. The molecule has 0 spiro atoms. The van der Waals surface area contributed by atoms with Crippen LogP contribution in [-0.2, 0) is 6.18 Å². The van der Waals surface area contributed by atoms with Gasteiger partial charge in [-0.2, -0.15) is 13.2 Å². The maximum atomic E-state index is 12.5. The van der Waals surface area contributed by atoms with Gasteiger partial charge in [-0.1, -0.05) is 13.8 Å². The van der Waals surface area contributed by atoms with Crippen molar-refractivity contribution >= 4 is 35.9 Å². The number of aromatic nitrogens is 2. The summed E-state index contributed by atoms with van der Waals surface area (Å²) in [6.45, 7) is 5.77. The summed E-state index contributed by atoms with van der Waals surface area (Å²) in [6.07, 6.45) is -3.39. The van der Waals surface area contributed by atoms with E-state index in [9.17, 15) is 13.2 Å². The Morgan fingerprint density at radius 2 is 1.96 bits per heavy atom. The highest BCUT2D eigenvalue weighted by Gasteiger charge is 2.32. The second-order valence-corrected chi connectivity index (χ2v) is 4.96. The van der Waals surface area contributed by atoms with Gasteiger partial charge < -0.3 is 16.0 Å². The Labute approximate surface area is 150 Å². The van der Waals surface area contributed by atoms with E-state index in [4.69, 9.17) is 0 Å². The zero-order valence-corrected chi connectivity index (χ0v) is 15.6. The van der Waals surface area contributed by atoms with Crippen molar-refractivity contribution in [2.24, 2.45) is 10.9 Å². The third-order valence-electron chi connectivity index (χ3n) is 2.55. The molecule has 0 saturated carbocycles. The van der Waals surface area contributed by atoms with E-state index in [1.54, 1.807) is 7.05 Å². The first-order valence-corrected chi connectivity index (χ1v) is 6.91. The Morgan fingerprint density at radius 3 is 2.52 bits per heavy atom. The maximum Gasteiger partial charge on any atom is 0.433 e. The fraction of sp³-hybridized carbons (Fsp3) is 0.615. The molecule has 0 fully saturated rings. The summed E-state index contributed by atoms with van der Waals surface area (Å²) in [5.41, 5.74) is -0.965. The van der Waals surface area contributed by atoms with Crippen molar-refractivity contribution in [2.45, 2.75) is 20.0 Å². The van der Waals surface area contributed by atoms with Crippen LogP contribution in [0.4, 0.5) is 19.1 Å². The Kier molecular flexibility index (Phi) is 9.84. The molecule has 0 aliphatic rings. The Hall–Kier alpha value is -1.33. The highest BCUT2D eigenvalue weighted by molar-refractivity contribution is 14.0. The molecule has 0 saturated heterocycles. The molecule has 0 unspecified atom stereocenters. The van der Waals surface area contributed by atoms with Crippen LogP contribution >= 0.6 is 24.0 Å². The Morgan fingerprint density at radius 1 is 1.26 bits per heavy atom. The minimum Gasteiger partial charge on any atom is -0.356 e. The minimum atomic E-state index is -4.47. The van der Waals surface area contributed by atoms with Crippen LogP contribution in [0, 0.1) is 5.92 Å². The van der Waals surface area contributed by atoms with Crippen molar-refractivity contribution in [3.63, 3.8) is 0 Å². The van der Waals surface area contributed by atoms with Crippen LogP contribution in [0.25, 0.3) is 0 Å². The molecule has 1 aromatic heterocycles. The van der Waals surface area contributed by atoms with Crippen LogP contribution in [0.1, 0.15) is 19.5 Å². The summed E-state index contributed by atoms with van der Waals surface area (Å²) < 4.78 is 37.5. The second kappa shape index (κ2) is 10.4. The molecule has 0 radical (unpaired) electrons. The summed E-state index contributed by atoms with van der Waals surface area (Å²) >= 11 is 0. The molecule has 132 valence electrons. The zero-order chi connectivity index (χ0) is 16.6. The van der Waals surface area contributed by atoms with Crippen molar-refractivity contribution in [1.82, 2.24) is 20.6 Å². The molecule has 0 aliphatic heterocycles. The Balaban J connectivity index is 0.00000484. The number of nitrogens with zero attached hydrogens (tertiary/aromatic N) is 3. The molecule has 0 aliphatic carbocycles. The van der Waals surface area contributed by atoms with Gasteiger partial charge in [-0.15, -0.1) is 24.0 Å². The smallest absolute Gasteiger partial charge is 0.356 e. The van der Waals surface area contributed by atoms with Crippen molar-refractivity contribution in [3.8, 4) is 0 Å². The van der Waals surface area contributed by atoms with Gasteiger partial charge in [0.25, 0.3) is 0 Å².